The summed E-state index contributed by atoms with van der Waals surface area (Å²) in [5.41, 5.74) is 0.415. The van der Waals surface area contributed by atoms with E-state index in [0.29, 0.717) is 15.3 Å². The fraction of sp³-hybridized carbons (Fsp3) is 0. The number of benzene rings is 1. The Hall–Kier alpha value is -1.40. The molecule has 5 nitrogen and oxygen atoms in total. The molecule has 1 N–H and O–H groups in total. The summed E-state index contributed by atoms with van der Waals surface area (Å²) in [4.78, 5) is 12.2. The molecule has 7 heteroatoms. The number of aromatic nitrogens is 3. The van der Waals surface area contributed by atoms with E-state index < -0.39 is 5.97 Å². The largest absolute Gasteiger partial charge is 0.478 e. The molecule has 82 valence electrons. The van der Waals surface area contributed by atoms with Gasteiger partial charge in [0.1, 0.15) is 10.3 Å². The molecule has 1 aromatic carbocycles. The third-order valence-electron chi connectivity index (χ3n) is 1.87. The molecule has 0 saturated carbocycles. The average Bonchev–Trinajstić information content (AvgIpc) is 2.64. The predicted octanol–water partition coefficient (Wildman–Crippen LogP) is 2.38. The van der Waals surface area contributed by atoms with Crippen molar-refractivity contribution >= 4 is 33.5 Å². The topological polar surface area (TPSA) is 68.0 Å². The Labute approximate surface area is 104 Å². The molecule has 0 amide bonds. The zero-order valence-electron chi connectivity index (χ0n) is 7.76. The van der Waals surface area contributed by atoms with Gasteiger partial charge in [-0.3, -0.25) is 0 Å². The zero-order valence-corrected chi connectivity index (χ0v) is 10.1. The summed E-state index contributed by atoms with van der Waals surface area (Å²) in [5.74, 6) is -1.08. The molecule has 0 aliphatic carbocycles. The number of hydrogen-bond donors (Lipinski definition) is 1. The van der Waals surface area contributed by atoms with E-state index in [2.05, 4.69) is 26.1 Å². The summed E-state index contributed by atoms with van der Waals surface area (Å²) < 4.78 is 0.527. The van der Waals surface area contributed by atoms with Crippen LogP contribution < -0.4 is 0 Å². The van der Waals surface area contributed by atoms with Crippen LogP contribution in [0.15, 0.2) is 29.0 Å². The van der Waals surface area contributed by atoms with Crippen molar-refractivity contribution in [3.05, 3.63) is 39.6 Å². The molecule has 0 atom stereocenters. The Morgan fingerprint density at radius 2 is 2.25 bits per heavy atom. The maximum atomic E-state index is 11.0. The summed E-state index contributed by atoms with van der Waals surface area (Å²) >= 11 is 8.87. The normalized spacial score (nSPS) is 10.4. The number of rotatable bonds is 2. The molecule has 0 spiro atoms. The summed E-state index contributed by atoms with van der Waals surface area (Å²) in [6.07, 6.45) is 1.47. The molecule has 1 heterocycles. The van der Waals surface area contributed by atoms with Crippen LogP contribution in [0.5, 0.6) is 0 Å². The highest BCUT2D eigenvalue weighted by Crippen LogP contribution is 2.19. The second-order valence-corrected chi connectivity index (χ2v) is 4.17. The first-order valence-electron chi connectivity index (χ1n) is 4.19. The molecule has 0 bridgehead atoms. The lowest BCUT2D eigenvalue weighted by Crippen LogP contribution is -2.07. The van der Waals surface area contributed by atoms with Crippen molar-refractivity contribution in [2.24, 2.45) is 0 Å². The minimum absolute atomic E-state index is 0.0515. The molecule has 0 saturated heterocycles. The van der Waals surface area contributed by atoms with Crippen molar-refractivity contribution in [2.75, 3.05) is 0 Å². The fourth-order valence-electron chi connectivity index (χ4n) is 1.21. The van der Waals surface area contributed by atoms with Crippen molar-refractivity contribution in [3.8, 4) is 5.69 Å². The second kappa shape index (κ2) is 4.23. The van der Waals surface area contributed by atoms with Gasteiger partial charge in [0.25, 0.3) is 0 Å². The molecule has 2 aromatic rings. The van der Waals surface area contributed by atoms with Crippen LogP contribution in [0.2, 0.25) is 5.02 Å². The van der Waals surface area contributed by atoms with Gasteiger partial charge in [0.2, 0.25) is 0 Å². The Balaban J connectivity index is 2.60. The van der Waals surface area contributed by atoms with E-state index in [1.807, 2.05) is 0 Å². The van der Waals surface area contributed by atoms with Gasteiger partial charge in [-0.2, -0.15) is 5.10 Å². The van der Waals surface area contributed by atoms with Crippen molar-refractivity contribution < 1.29 is 9.90 Å². The molecule has 0 aliphatic heterocycles. The van der Waals surface area contributed by atoms with Crippen LogP contribution in [0.25, 0.3) is 5.69 Å². The van der Waals surface area contributed by atoms with Crippen molar-refractivity contribution in [3.63, 3.8) is 0 Å². The minimum Gasteiger partial charge on any atom is -0.478 e. The molecule has 16 heavy (non-hydrogen) atoms. The standard InChI is InChI=1S/C9H5BrClN3O2/c10-8-4-12-14(13-8)7-2-1-5(11)3-6(7)9(15)16/h1-4H,(H,15,16). The van der Waals surface area contributed by atoms with E-state index in [-0.39, 0.29) is 5.56 Å². The van der Waals surface area contributed by atoms with E-state index in [9.17, 15) is 4.79 Å². The Morgan fingerprint density at radius 1 is 1.50 bits per heavy atom. The van der Waals surface area contributed by atoms with Gasteiger partial charge in [0, 0.05) is 5.02 Å². The Morgan fingerprint density at radius 3 is 2.81 bits per heavy atom. The first-order chi connectivity index (χ1) is 7.58. The quantitative estimate of drug-likeness (QED) is 0.925. The lowest BCUT2D eigenvalue weighted by molar-refractivity contribution is 0.0696. The van der Waals surface area contributed by atoms with Crippen LogP contribution >= 0.6 is 27.5 Å². The lowest BCUT2D eigenvalue weighted by Gasteiger charge is -2.04. The number of carbonyl (C=O) groups is 1. The van der Waals surface area contributed by atoms with E-state index in [0.717, 1.165) is 0 Å². The van der Waals surface area contributed by atoms with Crippen molar-refractivity contribution in [1.82, 2.24) is 15.0 Å². The smallest absolute Gasteiger partial charge is 0.338 e. The third-order valence-corrected chi connectivity index (χ3v) is 2.47. The number of hydrogen-bond acceptors (Lipinski definition) is 3. The highest BCUT2D eigenvalue weighted by molar-refractivity contribution is 9.10. The number of carboxylic acid groups (broad SMARTS) is 1. The van der Waals surface area contributed by atoms with Gasteiger partial charge in [-0.1, -0.05) is 11.6 Å². The molecule has 0 unspecified atom stereocenters. The van der Waals surface area contributed by atoms with Gasteiger partial charge >= 0.3 is 5.97 Å². The number of aromatic carboxylic acids is 1. The van der Waals surface area contributed by atoms with Crippen LogP contribution in [0.4, 0.5) is 0 Å². The highest BCUT2D eigenvalue weighted by Gasteiger charge is 2.13. The molecule has 0 radical (unpaired) electrons. The van der Waals surface area contributed by atoms with Gasteiger partial charge in [-0.25, -0.2) is 4.79 Å². The molecular formula is C9H5BrClN3O2. The highest BCUT2D eigenvalue weighted by atomic mass is 79.9. The van der Waals surface area contributed by atoms with Crippen LogP contribution in [0.1, 0.15) is 10.4 Å². The van der Waals surface area contributed by atoms with E-state index in [1.165, 1.54) is 17.1 Å². The maximum Gasteiger partial charge on any atom is 0.338 e. The second-order valence-electron chi connectivity index (χ2n) is 2.92. The van der Waals surface area contributed by atoms with Crippen LogP contribution in [-0.2, 0) is 0 Å². The van der Waals surface area contributed by atoms with Gasteiger partial charge in [-0.05, 0) is 34.1 Å². The predicted molar refractivity (Wildman–Crippen MR) is 61.0 cm³/mol. The van der Waals surface area contributed by atoms with Crippen molar-refractivity contribution in [2.45, 2.75) is 0 Å². The number of halogens is 2. The zero-order chi connectivity index (χ0) is 11.7. The van der Waals surface area contributed by atoms with E-state index in [1.54, 1.807) is 12.1 Å². The number of carboxylic acids is 1. The maximum absolute atomic E-state index is 11.0. The molecule has 0 aliphatic rings. The summed E-state index contributed by atoms with van der Waals surface area (Å²) in [6, 6.07) is 4.50. The monoisotopic (exact) mass is 301 g/mol. The lowest BCUT2D eigenvalue weighted by atomic mass is 10.2. The molecule has 2 rings (SSSR count). The van der Waals surface area contributed by atoms with Crippen LogP contribution in [-0.4, -0.2) is 26.1 Å². The first-order valence-corrected chi connectivity index (χ1v) is 5.36. The minimum atomic E-state index is -1.08. The number of nitrogens with zero attached hydrogens (tertiary/aromatic N) is 3. The third kappa shape index (κ3) is 2.07. The average molecular weight is 303 g/mol. The Bertz CT molecular complexity index is 555. The van der Waals surface area contributed by atoms with Gasteiger partial charge in [-0.15, -0.1) is 9.90 Å². The molecule has 0 fully saturated rings. The van der Waals surface area contributed by atoms with Crippen LogP contribution in [0.3, 0.4) is 0 Å². The molecule has 1 aromatic heterocycles. The Kier molecular flexibility index (Phi) is 2.93. The van der Waals surface area contributed by atoms with Gasteiger partial charge < -0.3 is 5.11 Å². The summed E-state index contributed by atoms with van der Waals surface area (Å²) in [5, 5.41) is 17.3. The van der Waals surface area contributed by atoms with E-state index in [4.69, 9.17) is 16.7 Å². The summed E-state index contributed by atoms with van der Waals surface area (Å²) in [6.45, 7) is 0. The van der Waals surface area contributed by atoms with Gasteiger partial charge in [0.05, 0.1) is 11.8 Å². The SMILES string of the molecule is O=C(O)c1cc(Cl)ccc1-n1ncc(Br)n1. The summed E-state index contributed by atoms with van der Waals surface area (Å²) in [7, 11) is 0. The van der Waals surface area contributed by atoms with Gasteiger partial charge in [0.15, 0.2) is 0 Å². The van der Waals surface area contributed by atoms with E-state index >= 15 is 0 Å². The fourth-order valence-corrected chi connectivity index (χ4v) is 1.63. The van der Waals surface area contributed by atoms with Crippen molar-refractivity contribution in [1.29, 1.82) is 0 Å². The first kappa shape index (κ1) is 11.1. The molecular weight excluding hydrogens is 297 g/mol. The van der Waals surface area contributed by atoms with Crippen LogP contribution in [0, 0.1) is 0 Å².